The van der Waals surface area contributed by atoms with Gasteiger partial charge in [-0.2, -0.15) is 10.5 Å². The number of thiophene rings is 2. The summed E-state index contributed by atoms with van der Waals surface area (Å²) in [5.41, 5.74) is 2.81. The topological polar surface area (TPSA) is 66.0 Å². The van der Waals surface area contributed by atoms with E-state index in [-0.39, 0.29) is 0 Å². The van der Waals surface area contributed by atoms with Crippen LogP contribution in [0.25, 0.3) is 20.9 Å². The maximum atomic E-state index is 9.43. The second-order valence-electron chi connectivity index (χ2n) is 5.92. The molecule has 0 fully saturated rings. The Balaban J connectivity index is 1.44. The molecule has 0 amide bonds. The van der Waals surface area contributed by atoms with Crippen LogP contribution in [0.5, 0.6) is 11.5 Å². The molecule has 0 unspecified atom stereocenters. The Morgan fingerprint density at radius 3 is 1.55 bits per heavy atom. The molecule has 2 aromatic heterocycles. The molecule has 4 nitrogen and oxygen atoms in total. The minimum atomic E-state index is 0.498. The Hall–Kier alpha value is -3.52. The van der Waals surface area contributed by atoms with E-state index in [1.54, 1.807) is 46.9 Å². The van der Waals surface area contributed by atoms with E-state index in [0.717, 1.165) is 20.9 Å². The molecule has 0 spiro atoms. The van der Waals surface area contributed by atoms with Gasteiger partial charge < -0.3 is 9.31 Å². The molecule has 2 heterocycles. The van der Waals surface area contributed by atoms with Gasteiger partial charge in [0.05, 0.1) is 23.3 Å². The van der Waals surface area contributed by atoms with Gasteiger partial charge in [-0.3, -0.25) is 0 Å². The van der Waals surface area contributed by atoms with Crippen molar-refractivity contribution in [2.45, 2.75) is 0 Å². The van der Waals surface area contributed by atoms with Gasteiger partial charge in [0, 0.05) is 20.9 Å². The van der Waals surface area contributed by atoms with Crippen molar-refractivity contribution in [1.82, 2.24) is 0 Å². The molecule has 0 saturated heterocycles. The smallest absolute Gasteiger partial charge is 0.526 e. The van der Waals surface area contributed by atoms with Gasteiger partial charge in [-0.05, 0) is 59.3 Å². The standard InChI is InChI=1S/C22H12BN2O2S2/c24-13-15-11-17(5-7-19(15)21-3-1-9-28-21)26-23-27-18-6-8-20(16(12-18)14-25)22-4-2-10-29-22/h1-12H. The van der Waals surface area contributed by atoms with E-state index >= 15 is 0 Å². The van der Waals surface area contributed by atoms with Crippen molar-refractivity contribution in [3.8, 4) is 44.5 Å². The molecule has 0 N–H and O–H groups in total. The van der Waals surface area contributed by atoms with Crippen LogP contribution in [0.4, 0.5) is 0 Å². The van der Waals surface area contributed by atoms with Crippen LogP contribution in [0.15, 0.2) is 71.4 Å². The first-order chi connectivity index (χ1) is 14.3. The second kappa shape index (κ2) is 8.66. The molecule has 1 radical (unpaired) electrons. The normalized spacial score (nSPS) is 10.0. The third-order valence-corrected chi connectivity index (χ3v) is 5.97. The van der Waals surface area contributed by atoms with E-state index < -0.39 is 0 Å². The molecule has 0 saturated carbocycles. The average molecular weight is 411 g/mol. The lowest BCUT2D eigenvalue weighted by Gasteiger charge is -2.09. The van der Waals surface area contributed by atoms with E-state index in [1.807, 2.05) is 47.2 Å². The predicted octanol–water partition coefficient (Wildman–Crippen LogP) is 5.88. The molecule has 7 heteroatoms. The zero-order valence-corrected chi connectivity index (χ0v) is 16.7. The summed E-state index contributed by atoms with van der Waals surface area (Å²) in [5, 5.41) is 22.8. The van der Waals surface area contributed by atoms with E-state index in [2.05, 4.69) is 12.1 Å². The summed E-state index contributed by atoms with van der Waals surface area (Å²) in [6, 6.07) is 22.9. The van der Waals surface area contributed by atoms with Gasteiger partial charge in [0.1, 0.15) is 11.5 Å². The number of nitriles is 2. The monoisotopic (exact) mass is 411 g/mol. The van der Waals surface area contributed by atoms with E-state index in [4.69, 9.17) is 9.31 Å². The first-order valence-electron chi connectivity index (χ1n) is 8.59. The van der Waals surface area contributed by atoms with Crippen molar-refractivity contribution in [3.05, 3.63) is 82.6 Å². The molecule has 0 aliphatic carbocycles. The summed E-state index contributed by atoms with van der Waals surface area (Å²) in [7, 11) is 1.20. The Labute approximate surface area is 177 Å². The molecule has 137 valence electrons. The Morgan fingerprint density at radius 1 is 0.690 bits per heavy atom. The lowest BCUT2D eigenvalue weighted by molar-refractivity contribution is 0.459. The Morgan fingerprint density at radius 2 is 1.17 bits per heavy atom. The van der Waals surface area contributed by atoms with Gasteiger partial charge in [0.15, 0.2) is 0 Å². The second-order valence-corrected chi connectivity index (χ2v) is 7.82. The zero-order valence-electron chi connectivity index (χ0n) is 15.0. The summed E-state index contributed by atoms with van der Waals surface area (Å²) in [6.45, 7) is 0. The minimum absolute atomic E-state index is 0.498. The summed E-state index contributed by atoms with van der Waals surface area (Å²) < 4.78 is 11.0. The molecule has 2 aromatic carbocycles. The van der Waals surface area contributed by atoms with E-state index in [1.165, 1.54) is 7.69 Å². The highest BCUT2D eigenvalue weighted by Gasteiger charge is 2.11. The van der Waals surface area contributed by atoms with Gasteiger partial charge in [0.2, 0.25) is 0 Å². The number of hydrogen-bond acceptors (Lipinski definition) is 6. The van der Waals surface area contributed by atoms with Crippen LogP contribution in [0.2, 0.25) is 0 Å². The number of benzene rings is 2. The fourth-order valence-electron chi connectivity index (χ4n) is 2.81. The molecular weight excluding hydrogens is 399 g/mol. The van der Waals surface area contributed by atoms with Gasteiger partial charge in [-0.25, -0.2) is 0 Å². The van der Waals surface area contributed by atoms with Crippen molar-refractivity contribution in [3.63, 3.8) is 0 Å². The van der Waals surface area contributed by atoms with Gasteiger partial charge >= 0.3 is 7.69 Å². The molecule has 0 aliphatic heterocycles. The van der Waals surface area contributed by atoms with E-state index in [9.17, 15) is 10.5 Å². The van der Waals surface area contributed by atoms with Crippen molar-refractivity contribution in [1.29, 1.82) is 10.5 Å². The van der Waals surface area contributed by atoms with Gasteiger partial charge in [-0.1, -0.05) is 12.1 Å². The summed E-state index contributed by atoms with van der Waals surface area (Å²) in [6.07, 6.45) is 0. The van der Waals surface area contributed by atoms with Crippen molar-refractivity contribution in [2.24, 2.45) is 0 Å². The fraction of sp³-hybridized carbons (Fsp3) is 0. The molecule has 4 aromatic rings. The van der Waals surface area contributed by atoms with E-state index in [0.29, 0.717) is 22.6 Å². The highest BCUT2D eigenvalue weighted by molar-refractivity contribution is 7.13. The van der Waals surface area contributed by atoms with Gasteiger partial charge in [0.25, 0.3) is 0 Å². The van der Waals surface area contributed by atoms with Crippen LogP contribution in [0.1, 0.15) is 11.1 Å². The fourth-order valence-corrected chi connectivity index (χ4v) is 4.34. The van der Waals surface area contributed by atoms with Crippen molar-refractivity contribution in [2.75, 3.05) is 0 Å². The number of nitrogens with zero attached hydrogens (tertiary/aromatic N) is 2. The largest absolute Gasteiger partial charge is 0.658 e. The van der Waals surface area contributed by atoms with Crippen LogP contribution in [-0.4, -0.2) is 7.69 Å². The third-order valence-electron chi connectivity index (χ3n) is 4.16. The quantitative estimate of drug-likeness (QED) is 0.372. The number of hydrogen-bond donors (Lipinski definition) is 0. The first kappa shape index (κ1) is 18.8. The predicted molar refractivity (Wildman–Crippen MR) is 116 cm³/mol. The summed E-state index contributed by atoms with van der Waals surface area (Å²) >= 11 is 3.16. The van der Waals surface area contributed by atoms with Crippen LogP contribution in [0, 0.1) is 22.7 Å². The summed E-state index contributed by atoms with van der Waals surface area (Å²) in [5.74, 6) is 0.995. The Kier molecular flexibility index (Phi) is 5.62. The van der Waals surface area contributed by atoms with Crippen LogP contribution < -0.4 is 9.31 Å². The van der Waals surface area contributed by atoms with Crippen LogP contribution >= 0.6 is 22.7 Å². The zero-order chi connectivity index (χ0) is 20.1. The molecular formula is C22H12BN2O2S2. The maximum Gasteiger partial charge on any atom is 0.658 e. The molecule has 4 rings (SSSR count). The van der Waals surface area contributed by atoms with Crippen molar-refractivity contribution < 1.29 is 9.31 Å². The van der Waals surface area contributed by atoms with Gasteiger partial charge in [-0.15, -0.1) is 22.7 Å². The molecule has 29 heavy (non-hydrogen) atoms. The highest BCUT2D eigenvalue weighted by Crippen LogP contribution is 2.31. The highest BCUT2D eigenvalue weighted by atomic mass is 32.1. The van der Waals surface area contributed by atoms with Crippen molar-refractivity contribution >= 4 is 30.4 Å². The molecule has 0 bridgehead atoms. The lowest BCUT2D eigenvalue weighted by Crippen LogP contribution is -2.11. The number of rotatable bonds is 6. The first-order valence-corrected chi connectivity index (χ1v) is 10.4. The summed E-state index contributed by atoms with van der Waals surface area (Å²) in [4.78, 5) is 2.06. The van der Waals surface area contributed by atoms with Crippen LogP contribution in [-0.2, 0) is 0 Å². The molecule has 0 aliphatic rings. The Bertz CT molecular complexity index is 1110. The maximum absolute atomic E-state index is 9.43. The molecule has 0 atom stereocenters. The third kappa shape index (κ3) is 4.17. The average Bonchev–Trinajstić information content (AvgIpc) is 3.48. The SMILES string of the molecule is N#Cc1cc(O[B]Oc2ccc(-c3cccs3)c(C#N)c2)ccc1-c1cccs1. The van der Waals surface area contributed by atoms with Crippen LogP contribution in [0.3, 0.4) is 0 Å². The minimum Gasteiger partial charge on any atom is -0.526 e. The lowest BCUT2D eigenvalue weighted by atomic mass is 10.1.